The second-order valence-corrected chi connectivity index (χ2v) is 7.99. The number of amides is 2. The lowest BCUT2D eigenvalue weighted by Gasteiger charge is -2.39. The van der Waals surface area contributed by atoms with Crippen molar-refractivity contribution in [2.24, 2.45) is 5.92 Å². The number of carbonyl (C=O) groups is 2. The number of hydrogen-bond donors (Lipinski definition) is 1. The Balaban J connectivity index is 1.53. The van der Waals surface area contributed by atoms with Crippen LogP contribution in [0.3, 0.4) is 0 Å². The third-order valence-electron chi connectivity index (χ3n) is 6.04. The molecule has 10 heteroatoms. The summed E-state index contributed by atoms with van der Waals surface area (Å²) in [5.74, 6) is -2.79. The summed E-state index contributed by atoms with van der Waals surface area (Å²) in [6, 6.07) is 9.13. The van der Waals surface area contributed by atoms with E-state index in [9.17, 15) is 28.5 Å². The number of anilines is 1. The summed E-state index contributed by atoms with van der Waals surface area (Å²) in [5, 5.41) is 14.1. The van der Waals surface area contributed by atoms with Crippen molar-refractivity contribution in [3.8, 4) is 0 Å². The molecular weight excluding hydrogens is 424 g/mol. The highest BCUT2D eigenvalue weighted by Crippen LogP contribution is 2.34. The SMILES string of the molecule is O=C(NC1(c2ccc(F)cc2)CCOCC1)C1CC(=O)N(c2ccc(F)c([N+](=O)[O-])c2)C1. The Morgan fingerprint density at radius 3 is 2.50 bits per heavy atom. The van der Waals surface area contributed by atoms with Crippen LogP contribution >= 0.6 is 0 Å². The topological polar surface area (TPSA) is 102 Å². The molecule has 0 aliphatic carbocycles. The quantitative estimate of drug-likeness (QED) is 0.563. The summed E-state index contributed by atoms with van der Waals surface area (Å²) >= 11 is 0. The van der Waals surface area contributed by atoms with E-state index >= 15 is 0 Å². The first kappa shape index (κ1) is 21.8. The standard InChI is InChI=1S/C22H21F2N3O5/c23-16-3-1-15(2-4-16)22(7-9-32-10-8-22)25-21(29)14-11-20(28)26(13-14)17-5-6-18(24)19(12-17)27(30)31/h1-6,12,14H,7-11,13H2,(H,25,29). The predicted molar refractivity (Wildman–Crippen MR) is 110 cm³/mol. The van der Waals surface area contributed by atoms with Gasteiger partial charge in [0.25, 0.3) is 0 Å². The van der Waals surface area contributed by atoms with E-state index in [1.165, 1.54) is 23.1 Å². The van der Waals surface area contributed by atoms with Gasteiger partial charge in [-0.05, 0) is 42.7 Å². The lowest BCUT2D eigenvalue weighted by molar-refractivity contribution is -0.387. The summed E-state index contributed by atoms with van der Waals surface area (Å²) in [6.45, 7) is 0.864. The van der Waals surface area contributed by atoms with E-state index in [1.54, 1.807) is 12.1 Å². The molecule has 2 amide bonds. The number of benzene rings is 2. The van der Waals surface area contributed by atoms with Gasteiger partial charge in [0.2, 0.25) is 17.6 Å². The van der Waals surface area contributed by atoms with Gasteiger partial charge >= 0.3 is 5.69 Å². The van der Waals surface area contributed by atoms with Crippen LogP contribution in [0, 0.1) is 27.7 Å². The maximum atomic E-state index is 13.7. The number of carbonyl (C=O) groups excluding carboxylic acids is 2. The number of ether oxygens (including phenoxy) is 1. The van der Waals surface area contributed by atoms with Crippen LogP contribution < -0.4 is 10.2 Å². The van der Waals surface area contributed by atoms with E-state index in [2.05, 4.69) is 5.32 Å². The minimum Gasteiger partial charge on any atom is -0.381 e. The zero-order valence-corrected chi connectivity index (χ0v) is 17.1. The number of nitro groups is 1. The van der Waals surface area contributed by atoms with Crippen LogP contribution in [-0.4, -0.2) is 36.5 Å². The summed E-state index contributed by atoms with van der Waals surface area (Å²) in [4.78, 5) is 37.1. The molecule has 2 heterocycles. The molecule has 2 aliphatic heterocycles. The van der Waals surface area contributed by atoms with Crippen LogP contribution in [0.25, 0.3) is 0 Å². The molecule has 8 nitrogen and oxygen atoms in total. The van der Waals surface area contributed by atoms with Gasteiger partial charge in [0.15, 0.2) is 0 Å². The van der Waals surface area contributed by atoms with Crippen LogP contribution in [0.4, 0.5) is 20.2 Å². The van der Waals surface area contributed by atoms with Crippen LogP contribution in [0.5, 0.6) is 0 Å². The van der Waals surface area contributed by atoms with Crippen LogP contribution in [0.2, 0.25) is 0 Å². The highest BCUT2D eigenvalue weighted by atomic mass is 19.1. The molecule has 1 atom stereocenters. The van der Waals surface area contributed by atoms with E-state index in [0.29, 0.717) is 26.1 Å². The molecule has 168 valence electrons. The molecule has 0 aromatic heterocycles. The van der Waals surface area contributed by atoms with Crippen molar-refractivity contribution in [2.45, 2.75) is 24.8 Å². The fourth-order valence-electron chi connectivity index (χ4n) is 4.25. The molecule has 4 rings (SSSR count). The van der Waals surface area contributed by atoms with E-state index in [-0.39, 0.29) is 36.3 Å². The molecular formula is C22H21F2N3O5. The molecule has 1 N–H and O–H groups in total. The first-order valence-electron chi connectivity index (χ1n) is 10.2. The second-order valence-electron chi connectivity index (χ2n) is 7.99. The highest BCUT2D eigenvalue weighted by molar-refractivity contribution is 6.00. The monoisotopic (exact) mass is 445 g/mol. The first-order valence-corrected chi connectivity index (χ1v) is 10.2. The Labute approximate surface area is 182 Å². The maximum absolute atomic E-state index is 13.7. The molecule has 2 aliphatic rings. The van der Waals surface area contributed by atoms with Crippen molar-refractivity contribution in [2.75, 3.05) is 24.7 Å². The summed E-state index contributed by atoms with van der Waals surface area (Å²) < 4.78 is 32.5. The molecule has 2 aromatic rings. The number of nitrogens with zero attached hydrogens (tertiary/aromatic N) is 2. The third-order valence-corrected chi connectivity index (χ3v) is 6.04. The Morgan fingerprint density at radius 1 is 1.16 bits per heavy atom. The molecule has 0 radical (unpaired) electrons. The minimum atomic E-state index is -1.000. The minimum absolute atomic E-state index is 0.0173. The van der Waals surface area contributed by atoms with Crippen molar-refractivity contribution >= 4 is 23.2 Å². The predicted octanol–water partition coefficient (Wildman–Crippen LogP) is 3.05. The van der Waals surface area contributed by atoms with Gasteiger partial charge in [-0.25, -0.2) is 4.39 Å². The largest absolute Gasteiger partial charge is 0.381 e. The van der Waals surface area contributed by atoms with Gasteiger partial charge in [0, 0.05) is 32.2 Å². The van der Waals surface area contributed by atoms with Gasteiger partial charge in [-0.15, -0.1) is 0 Å². The molecule has 2 saturated heterocycles. The summed E-state index contributed by atoms with van der Waals surface area (Å²) in [5.41, 5.74) is -0.557. The fourth-order valence-corrected chi connectivity index (χ4v) is 4.25. The Morgan fingerprint density at radius 2 is 1.84 bits per heavy atom. The number of rotatable bonds is 5. The van der Waals surface area contributed by atoms with Gasteiger partial charge in [-0.3, -0.25) is 19.7 Å². The summed E-state index contributed by atoms with van der Waals surface area (Å²) in [7, 11) is 0. The molecule has 2 aromatic carbocycles. The molecule has 32 heavy (non-hydrogen) atoms. The van der Waals surface area contributed by atoms with Crippen LogP contribution in [0.15, 0.2) is 42.5 Å². The normalized spacial score (nSPS) is 20.2. The van der Waals surface area contributed by atoms with E-state index in [0.717, 1.165) is 17.7 Å². The average Bonchev–Trinajstić information content (AvgIpc) is 3.17. The Hall–Kier alpha value is -3.40. The average molecular weight is 445 g/mol. The van der Waals surface area contributed by atoms with E-state index < -0.39 is 27.9 Å². The highest BCUT2D eigenvalue weighted by Gasteiger charge is 2.41. The first-order chi connectivity index (χ1) is 15.3. The summed E-state index contributed by atoms with van der Waals surface area (Å²) in [6.07, 6.45) is 0.921. The van der Waals surface area contributed by atoms with Gasteiger partial charge in [0.05, 0.1) is 22.1 Å². The van der Waals surface area contributed by atoms with Gasteiger partial charge < -0.3 is 15.0 Å². The number of halogens is 2. The van der Waals surface area contributed by atoms with Gasteiger partial charge in [-0.2, -0.15) is 4.39 Å². The number of nitro benzene ring substituents is 1. The third kappa shape index (κ3) is 4.18. The van der Waals surface area contributed by atoms with Crippen molar-refractivity contribution in [1.82, 2.24) is 5.32 Å². The van der Waals surface area contributed by atoms with Gasteiger partial charge in [0.1, 0.15) is 5.82 Å². The fraction of sp³-hybridized carbons (Fsp3) is 0.364. The lowest BCUT2D eigenvalue weighted by Crippen LogP contribution is -2.51. The number of hydrogen-bond acceptors (Lipinski definition) is 5. The van der Waals surface area contributed by atoms with E-state index in [4.69, 9.17) is 4.74 Å². The Bertz CT molecular complexity index is 1050. The van der Waals surface area contributed by atoms with Crippen LogP contribution in [0.1, 0.15) is 24.8 Å². The maximum Gasteiger partial charge on any atom is 0.306 e. The molecule has 0 saturated carbocycles. The van der Waals surface area contributed by atoms with Crippen molar-refractivity contribution in [1.29, 1.82) is 0 Å². The number of nitrogens with one attached hydrogen (secondary N) is 1. The van der Waals surface area contributed by atoms with Crippen LogP contribution in [-0.2, 0) is 19.9 Å². The molecule has 0 bridgehead atoms. The molecule has 0 spiro atoms. The smallest absolute Gasteiger partial charge is 0.306 e. The van der Waals surface area contributed by atoms with Crippen molar-refractivity contribution < 1.29 is 28.0 Å². The molecule has 1 unspecified atom stereocenters. The van der Waals surface area contributed by atoms with Crippen molar-refractivity contribution in [3.05, 3.63) is 69.8 Å². The zero-order chi connectivity index (χ0) is 22.9. The zero-order valence-electron chi connectivity index (χ0n) is 17.1. The van der Waals surface area contributed by atoms with Crippen molar-refractivity contribution in [3.63, 3.8) is 0 Å². The second kappa shape index (κ2) is 8.62. The Kier molecular flexibility index (Phi) is 5.88. The van der Waals surface area contributed by atoms with E-state index in [1.807, 2.05) is 0 Å². The molecule has 2 fully saturated rings. The van der Waals surface area contributed by atoms with Gasteiger partial charge in [-0.1, -0.05) is 12.1 Å². The lowest BCUT2D eigenvalue weighted by atomic mass is 9.82.